The Kier molecular flexibility index (Phi) is 8.24. The minimum atomic E-state index is -3.91. The Morgan fingerprint density at radius 2 is 1.79 bits per heavy atom. The third-order valence-corrected chi connectivity index (χ3v) is 9.81. The molecule has 8 heteroatoms. The first kappa shape index (κ1) is 26.6. The van der Waals surface area contributed by atoms with E-state index in [1.807, 2.05) is 72.5 Å². The summed E-state index contributed by atoms with van der Waals surface area (Å²) in [5.41, 5.74) is 2.15. The van der Waals surface area contributed by atoms with Crippen LogP contribution in [-0.4, -0.2) is 56.4 Å². The molecule has 0 radical (unpaired) electrons. The molecular formula is C30H32N2O4S2. The van der Waals surface area contributed by atoms with Crippen LogP contribution in [0.15, 0.2) is 89.1 Å². The normalized spacial score (nSPS) is 15.6. The molecule has 1 atom stereocenters. The number of rotatable bonds is 10. The molecule has 198 valence electrons. The van der Waals surface area contributed by atoms with Crippen molar-refractivity contribution in [2.75, 3.05) is 32.8 Å². The molecular weight excluding hydrogens is 516 g/mol. The highest BCUT2D eigenvalue weighted by molar-refractivity contribution is 7.89. The maximum atomic E-state index is 13.9. The van der Waals surface area contributed by atoms with E-state index < -0.39 is 10.0 Å². The Morgan fingerprint density at radius 3 is 2.58 bits per heavy atom. The first-order chi connectivity index (χ1) is 18.5. The van der Waals surface area contributed by atoms with Crippen molar-refractivity contribution in [3.05, 3.63) is 100 Å². The molecule has 0 fully saturated rings. The van der Waals surface area contributed by atoms with E-state index in [0.29, 0.717) is 26.2 Å². The zero-order chi connectivity index (χ0) is 26.5. The lowest BCUT2D eigenvalue weighted by Crippen LogP contribution is -2.47. The molecule has 5 rings (SSSR count). The molecule has 4 aromatic rings. The molecule has 1 aromatic heterocycles. The molecule has 0 bridgehead atoms. The van der Waals surface area contributed by atoms with E-state index in [0.717, 1.165) is 28.3 Å². The summed E-state index contributed by atoms with van der Waals surface area (Å²) in [5.74, 6) is -0.198. The SMILES string of the molecule is CCOCCCN(CC(=O)N1CCc2sccc2C1c1ccccc1)S(=O)(=O)c1ccc2ccccc2c1. The van der Waals surface area contributed by atoms with Gasteiger partial charge in [0.2, 0.25) is 15.9 Å². The van der Waals surface area contributed by atoms with E-state index in [9.17, 15) is 13.2 Å². The number of hydrogen-bond acceptors (Lipinski definition) is 5. The van der Waals surface area contributed by atoms with Crippen molar-refractivity contribution in [3.63, 3.8) is 0 Å². The quantitative estimate of drug-likeness (QED) is 0.246. The van der Waals surface area contributed by atoms with Gasteiger partial charge in [-0.05, 0) is 65.2 Å². The highest BCUT2D eigenvalue weighted by Crippen LogP contribution is 2.38. The summed E-state index contributed by atoms with van der Waals surface area (Å²) >= 11 is 1.71. The predicted molar refractivity (Wildman–Crippen MR) is 152 cm³/mol. The Morgan fingerprint density at radius 1 is 1.03 bits per heavy atom. The van der Waals surface area contributed by atoms with Crippen LogP contribution in [0, 0.1) is 0 Å². The third kappa shape index (κ3) is 5.54. The second-order valence-electron chi connectivity index (χ2n) is 9.35. The van der Waals surface area contributed by atoms with Crippen molar-refractivity contribution in [1.29, 1.82) is 0 Å². The minimum Gasteiger partial charge on any atom is -0.382 e. The number of benzene rings is 3. The maximum Gasteiger partial charge on any atom is 0.243 e. The van der Waals surface area contributed by atoms with Crippen molar-refractivity contribution >= 4 is 38.0 Å². The number of sulfonamides is 1. The van der Waals surface area contributed by atoms with Gasteiger partial charge in [-0.1, -0.05) is 60.7 Å². The molecule has 0 saturated heterocycles. The summed E-state index contributed by atoms with van der Waals surface area (Å²) in [7, 11) is -3.91. The molecule has 1 aliphatic heterocycles. The molecule has 0 spiro atoms. The molecule has 1 unspecified atom stereocenters. The van der Waals surface area contributed by atoms with Crippen LogP contribution in [0.2, 0.25) is 0 Å². The molecule has 1 aliphatic rings. The number of fused-ring (bicyclic) bond motifs is 2. The second kappa shape index (κ2) is 11.8. The van der Waals surface area contributed by atoms with Gasteiger partial charge in [-0.15, -0.1) is 11.3 Å². The molecule has 1 amide bonds. The molecule has 0 saturated carbocycles. The van der Waals surface area contributed by atoms with E-state index >= 15 is 0 Å². The number of hydrogen-bond donors (Lipinski definition) is 0. The highest BCUT2D eigenvalue weighted by atomic mass is 32.2. The Balaban J connectivity index is 1.45. The van der Waals surface area contributed by atoms with Gasteiger partial charge in [-0.25, -0.2) is 8.42 Å². The minimum absolute atomic E-state index is 0.193. The first-order valence-electron chi connectivity index (χ1n) is 13.0. The van der Waals surface area contributed by atoms with E-state index in [2.05, 4.69) is 11.4 Å². The van der Waals surface area contributed by atoms with Crippen molar-refractivity contribution in [1.82, 2.24) is 9.21 Å². The van der Waals surface area contributed by atoms with Crippen LogP contribution in [0.4, 0.5) is 0 Å². The van der Waals surface area contributed by atoms with Gasteiger partial charge in [0.25, 0.3) is 0 Å². The van der Waals surface area contributed by atoms with Gasteiger partial charge in [0, 0.05) is 31.2 Å². The van der Waals surface area contributed by atoms with Crippen LogP contribution < -0.4 is 0 Å². The van der Waals surface area contributed by atoms with E-state index in [1.165, 1.54) is 9.18 Å². The van der Waals surface area contributed by atoms with Gasteiger partial charge >= 0.3 is 0 Å². The smallest absolute Gasteiger partial charge is 0.243 e. The van der Waals surface area contributed by atoms with E-state index in [1.54, 1.807) is 23.5 Å². The van der Waals surface area contributed by atoms with Crippen molar-refractivity contribution in [2.24, 2.45) is 0 Å². The Bertz CT molecular complexity index is 1500. The fraction of sp³-hybridized carbons (Fsp3) is 0.300. The fourth-order valence-electron chi connectivity index (χ4n) is 5.07. The average molecular weight is 549 g/mol. The summed E-state index contributed by atoms with van der Waals surface area (Å²) in [6.45, 7) is 3.44. The summed E-state index contributed by atoms with van der Waals surface area (Å²) in [6.07, 6.45) is 1.27. The van der Waals surface area contributed by atoms with Crippen LogP contribution in [-0.2, 0) is 26.0 Å². The highest BCUT2D eigenvalue weighted by Gasteiger charge is 2.35. The number of amides is 1. The van der Waals surface area contributed by atoms with Crippen LogP contribution in [0.25, 0.3) is 10.8 Å². The monoisotopic (exact) mass is 548 g/mol. The molecule has 0 N–H and O–H groups in total. The zero-order valence-corrected chi connectivity index (χ0v) is 23.1. The van der Waals surface area contributed by atoms with Crippen LogP contribution in [0.1, 0.15) is 35.4 Å². The number of nitrogens with zero attached hydrogens (tertiary/aromatic N) is 2. The van der Waals surface area contributed by atoms with Crippen LogP contribution in [0.5, 0.6) is 0 Å². The maximum absolute atomic E-state index is 13.9. The summed E-state index contributed by atoms with van der Waals surface area (Å²) in [5, 5.41) is 3.88. The average Bonchev–Trinajstić information content (AvgIpc) is 3.43. The van der Waals surface area contributed by atoms with Crippen molar-refractivity contribution < 1.29 is 17.9 Å². The summed E-state index contributed by atoms with van der Waals surface area (Å²) in [6, 6.07) is 24.6. The molecule has 6 nitrogen and oxygen atoms in total. The van der Waals surface area contributed by atoms with Gasteiger partial charge in [0.15, 0.2) is 0 Å². The number of carbonyl (C=O) groups excluding carboxylic acids is 1. The van der Waals surface area contributed by atoms with Gasteiger partial charge in [0.1, 0.15) is 0 Å². The molecule has 2 heterocycles. The van der Waals surface area contributed by atoms with Crippen molar-refractivity contribution in [2.45, 2.75) is 30.7 Å². The molecule has 3 aromatic carbocycles. The van der Waals surface area contributed by atoms with Gasteiger partial charge in [-0.2, -0.15) is 4.31 Å². The Hall–Kier alpha value is -3.04. The van der Waals surface area contributed by atoms with Crippen LogP contribution in [0.3, 0.4) is 0 Å². The standard InChI is InChI=1S/C30H32N2O4S2/c1-2-36-19-8-17-31(38(34,35)26-14-13-23-9-6-7-12-25(23)21-26)22-29(33)32-18-15-28-27(16-20-37-28)30(32)24-10-4-3-5-11-24/h3-7,9-14,16,20-21,30H,2,8,15,17-19,22H2,1H3. The van der Waals surface area contributed by atoms with Gasteiger partial charge in [0.05, 0.1) is 17.5 Å². The lowest BCUT2D eigenvalue weighted by molar-refractivity contribution is -0.133. The molecule has 0 aliphatic carbocycles. The zero-order valence-electron chi connectivity index (χ0n) is 21.5. The van der Waals surface area contributed by atoms with E-state index in [4.69, 9.17) is 4.74 Å². The number of thiophene rings is 1. The largest absolute Gasteiger partial charge is 0.382 e. The fourth-order valence-corrected chi connectivity index (χ4v) is 7.44. The third-order valence-electron chi connectivity index (χ3n) is 6.97. The lowest BCUT2D eigenvalue weighted by atomic mass is 9.93. The summed E-state index contributed by atoms with van der Waals surface area (Å²) < 4.78 is 34.6. The van der Waals surface area contributed by atoms with Crippen LogP contribution >= 0.6 is 11.3 Å². The number of ether oxygens (including phenoxy) is 1. The van der Waals surface area contributed by atoms with Gasteiger partial charge in [-0.3, -0.25) is 4.79 Å². The van der Waals surface area contributed by atoms with E-state index in [-0.39, 0.29) is 29.9 Å². The molecule has 38 heavy (non-hydrogen) atoms. The lowest BCUT2D eigenvalue weighted by Gasteiger charge is -2.37. The second-order valence-corrected chi connectivity index (χ2v) is 12.3. The summed E-state index contributed by atoms with van der Waals surface area (Å²) in [4.78, 5) is 17.2. The topological polar surface area (TPSA) is 66.9 Å². The predicted octanol–water partition coefficient (Wildman–Crippen LogP) is 5.49. The van der Waals surface area contributed by atoms with Crippen molar-refractivity contribution in [3.8, 4) is 0 Å². The Labute approximate surface area is 228 Å². The first-order valence-corrected chi connectivity index (χ1v) is 15.3. The number of carbonyl (C=O) groups is 1. The van der Waals surface area contributed by atoms with Gasteiger partial charge < -0.3 is 9.64 Å².